The molecule has 0 aromatic heterocycles. The minimum atomic E-state index is -0.498. The molecule has 0 saturated heterocycles. The molecule has 3 rings (SSSR count). The summed E-state index contributed by atoms with van der Waals surface area (Å²) in [6, 6.07) is 21.4. The minimum Gasteiger partial charge on any atom is -0.497 e. The van der Waals surface area contributed by atoms with Crippen molar-refractivity contribution in [1.82, 2.24) is 5.32 Å². The number of amides is 1. The summed E-state index contributed by atoms with van der Waals surface area (Å²) >= 11 is 0. The second-order valence-corrected chi connectivity index (χ2v) is 7.65. The maximum absolute atomic E-state index is 13.0. The molecule has 4 nitrogen and oxygen atoms in total. The summed E-state index contributed by atoms with van der Waals surface area (Å²) in [5.41, 5.74) is 1.47. The highest BCUT2D eigenvalue weighted by Gasteiger charge is 2.24. The smallest absolute Gasteiger partial charge is 0.247 e. The summed E-state index contributed by atoms with van der Waals surface area (Å²) in [6.45, 7) is 5.95. The lowest BCUT2D eigenvalue weighted by Crippen LogP contribution is -2.44. The van der Waals surface area contributed by atoms with Gasteiger partial charge in [-0.3, -0.25) is 4.79 Å². The fourth-order valence-corrected chi connectivity index (χ4v) is 2.98. The van der Waals surface area contributed by atoms with Gasteiger partial charge in [-0.05, 0) is 67.4 Å². The van der Waals surface area contributed by atoms with E-state index in [0.717, 1.165) is 27.8 Å². The number of anilines is 1. The van der Waals surface area contributed by atoms with Crippen LogP contribution in [0.5, 0.6) is 5.75 Å². The van der Waals surface area contributed by atoms with Crippen LogP contribution in [0.2, 0.25) is 0 Å². The number of carbonyl (C=O) groups is 1. The van der Waals surface area contributed by atoms with Crippen molar-refractivity contribution in [1.29, 1.82) is 0 Å². The molecule has 0 radical (unpaired) electrons. The highest BCUT2D eigenvalue weighted by Crippen LogP contribution is 2.26. The predicted molar refractivity (Wildman–Crippen MR) is 111 cm³/mol. The summed E-state index contributed by atoms with van der Waals surface area (Å²) in [6.07, 6.45) is 0. The Morgan fingerprint density at radius 1 is 0.926 bits per heavy atom. The predicted octanol–water partition coefficient (Wildman–Crippen LogP) is 4.92. The first-order valence-electron chi connectivity index (χ1n) is 9.07. The molecule has 140 valence electrons. The largest absolute Gasteiger partial charge is 0.497 e. The van der Waals surface area contributed by atoms with E-state index in [1.54, 1.807) is 7.11 Å². The Morgan fingerprint density at radius 3 is 2.22 bits per heavy atom. The van der Waals surface area contributed by atoms with Gasteiger partial charge < -0.3 is 15.4 Å². The normalized spacial score (nSPS) is 12.4. The molecule has 0 saturated carbocycles. The number of nitrogens with one attached hydrogen (secondary N) is 2. The maximum Gasteiger partial charge on any atom is 0.247 e. The molecule has 0 fully saturated rings. The van der Waals surface area contributed by atoms with E-state index in [2.05, 4.69) is 34.9 Å². The summed E-state index contributed by atoms with van der Waals surface area (Å²) < 4.78 is 5.21. The number of rotatable bonds is 5. The molecule has 1 amide bonds. The van der Waals surface area contributed by atoms with Crippen LogP contribution < -0.4 is 15.4 Å². The molecule has 1 unspecified atom stereocenters. The van der Waals surface area contributed by atoms with Crippen molar-refractivity contribution in [3.05, 3.63) is 72.3 Å². The number of hydrogen-bond donors (Lipinski definition) is 2. The molecule has 0 aliphatic heterocycles. The van der Waals surface area contributed by atoms with Gasteiger partial charge in [0, 0.05) is 11.2 Å². The maximum atomic E-state index is 13.0. The average molecular weight is 362 g/mol. The van der Waals surface area contributed by atoms with Crippen LogP contribution in [-0.2, 0) is 4.79 Å². The van der Waals surface area contributed by atoms with E-state index in [1.807, 2.05) is 63.2 Å². The van der Waals surface area contributed by atoms with Crippen LogP contribution in [0, 0.1) is 0 Å². The van der Waals surface area contributed by atoms with Gasteiger partial charge in [-0.15, -0.1) is 0 Å². The molecule has 0 aliphatic rings. The molecule has 3 aromatic rings. The Bertz CT molecular complexity index is 927. The van der Waals surface area contributed by atoms with Gasteiger partial charge in [0.15, 0.2) is 0 Å². The van der Waals surface area contributed by atoms with Crippen LogP contribution in [0.1, 0.15) is 32.4 Å². The van der Waals surface area contributed by atoms with Gasteiger partial charge in [0.1, 0.15) is 11.8 Å². The fraction of sp³-hybridized carbons (Fsp3) is 0.261. The Labute approximate surface area is 160 Å². The molecular formula is C23H26N2O2. The molecule has 2 N–H and O–H groups in total. The molecule has 27 heavy (non-hydrogen) atoms. The van der Waals surface area contributed by atoms with Crippen LogP contribution in [0.3, 0.4) is 0 Å². The Balaban J connectivity index is 1.95. The monoisotopic (exact) mass is 362 g/mol. The van der Waals surface area contributed by atoms with Crippen molar-refractivity contribution >= 4 is 22.4 Å². The molecule has 1 atom stereocenters. The number of fused-ring (bicyclic) bond motifs is 1. The molecule has 0 bridgehead atoms. The van der Waals surface area contributed by atoms with Gasteiger partial charge in [-0.1, -0.05) is 36.4 Å². The average Bonchev–Trinajstić information content (AvgIpc) is 2.64. The van der Waals surface area contributed by atoms with Crippen LogP contribution in [0.15, 0.2) is 66.7 Å². The Kier molecular flexibility index (Phi) is 5.36. The quantitative estimate of drug-likeness (QED) is 0.677. The zero-order chi connectivity index (χ0) is 19.4. The summed E-state index contributed by atoms with van der Waals surface area (Å²) in [4.78, 5) is 13.0. The second-order valence-electron chi connectivity index (χ2n) is 7.65. The zero-order valence-corrected chi connectivity index (χ0v) is 16.2. The van der Waals surface area contributed by atoms with Crippen LogP contribution in [0.4, 0.5) is 5.69 Å². The summed E-state index contributed by atoms with van der Waals surface area (Å²) in [7, 11) is 1.64. The first kappa shape index (κ1) is 18.8. The van der Waals surface area contributed by atoms with E-state index in [1.165, 1.54) is 0 Å². The van der Waals surface area contributed by atoms with Crippen molar-refractivity contribution in [3.8, 4) is 5.75 Å². The molecule has 0 spiro atoms. The van der Waals surface area contributed by atoms with Gasteiger partial charge in [-0.25, -0.2) is 0 Å². The number of carbonyl (C=O) groups excluding carboxylic acids is 1. The van der Waals surface area contributed by atoms with Gasteiger partial charge in [0.2, 0.25) is 5.91 Å². The molecular weight excluding hydrogens is 336 g/mol. The molecule has 0 aliphatic carbocycles. The van der Waals surface area contributed by atoms with Crippen molar-refractivity contribution in [2.75, 3.05) is 12.4 Å². The van der Waals surface area contributed by atoms with E-state index in [0.29, 0.717) is 0 Å². The lowest BCUT2D eigenvalue weighted by Gasteiger charge is -2.26. The van der Waals surface area contributed by atoms with Crippen LogP contribution in [-0.4, -0.2) is 18.6 Å². The van der Waals surface area contributed by atoms with E-state index < -0.39 is 6.04 Å². The third-order valence-electron chi connectivity index (χ3n) is 4.27. The SMILES string of the molecule is COc1ccc(NC(C(=O)NC(C)(C)C)c2ccc3ccccc3c2)cc1. The Hall–Kier alpha value is -3.01. The second kappa shape index (κ2) is 7.70. The van der Waals surface area contributed by atoms with Crippen molar-refractivity contribution < 1.29 is 9.53 Å². The topological polar surface area (TPSA) is 50.4 Å². The number of methoxy groups -OCH3 is 1. The fourth-order valence-electron chi connectivity index (χ4n) is 2.98. The molecule has 0 heterocycles. The Morgan fingerprint density at radius 2 is 1.59 bits per heavy atom. The van der Waals surface area contributed by atoms with E-state index in [4.69, 9.17) is 4.74 Å². The highest BCUT2D eigenvalue weighted by atomic mass is 16.5. The number of hydrogen-bond acceptors (Lipinski definition) is 3. The van der Waals surface area contributed by atoms with Crippen molar-refractivity contribution in [2.24, 2.45) is 0 Å². The number of benzene rings is 3. The summed E-state index contributed by atoms with van der Waals surface area (Å²) in [5, 5.41) is 8.71. The first-order chi connectivity index (χ1) is 12.9. The van der Waals surface area contributed by atoms with Crippen LogP contribution in [0.25, 0.3) is 10.8 Å². The minimum absolute atomic E-state index is 0.0615. The first-order valence-corrected chi connectivity index (χ1v) is 9.07. The van der Waals surface area contributed by atoms with E-state index >= 15 is 0 Å². The highest BCUT2D eigenvalue weighted by molar-refractivity contribution is 5.89. The lowest BCUT2D eigenvalue weighted by molar-refractivity contribution is -0.123. The van der Waals surface area contributed by atoms with Crippen molar-refractivity contribution in [2.45, 2.75) is 32.4 Å². The molecule has 4 heteroatoms. The standard InChI is InChI=1S/C23H26N2O2/c1-23(2,3)25-22(26)21(24-19-11-13-20(27-4)14-12-19)18-10-9-16-7-5-6-8-17(16)15-18/h5-15,21,24H,1-4H3,(H,25,26). The van der Waals surface area contributed by atoms with Gasteiger partial charge in [-0.2, -0.15) is 0 Å². The third kappa shape index (κ3) is 4.79. The third-order valence-corrected chi connectivity index (χ3v) is 4.27. The number of ether oxygens (including phenoxy) is 1. The molecule has 3 aromatic carbocycles. The summed E-state index contributed by atoms with van der Waals surface area (Å²) in [5.74, 6) is 0.718. The van der Waals surface area contributed by atoms with E-state index in [-0.39, 0.29) is 11.4 Å². The lowest BCUT2D eigenvalue weighted by atomic mass is 9.99. The van der Waals surface area contributed by atoms with Crippen LogP contribution >= 0.6 is 0 Å². The van der Waals surface area contributed by atoms with Gasteiger partial charge >= 0.3 is 0 Å². The van der Waals surface area contributed by atoms with Crippen molar-refractivity contribution in [3.63, 3.8) is 0 Å². The van der Waals surface area contributed by atoms with Gasteiger partial charge in [0.05, 0.1) is 7.11 Å². The van der Waals surface area contributed by atoms with E-state index in [9.17, 15) is 4.79 Å². The van der Waals surface area contributed by atoms with Gasteiger partial charge in [0.25, 0.3) is 0 Å². The zero-order valence-electron chi connectivity index (χ0n) is 16.2.